The summed E-state index contributed by atoms with van der Waals surface area (Å²) in [5, 5.41) is 10.7. The molecule has 7 nitrogen and oxygen atoms in total. The second kappa shape index (κ2) is 10.5. The van der Waals surface area contributed by atoms with Crippen LogP contribution in [0.2, 0.25) is 0 Å². The molecule has 0 unspecified atom stereocenters. The molecular formula is C26H37N3O4S2. The molecule has 192 valence electrons. The number of carbonyl (C=O) groups is 2. The van der Waals surface area contributed by atoms with Crippen molar-refractivity contribution in [2.24, 2.45) is 11.8 Å². The highest BCUT2D eigenvalue weighted by molar-refractivity contribution is 7.14. The summed E-state index contributed by atoms with van der Waals surface area (Å²) >= 11 is 2.57. The molecule has 0 aliphatic heterocycles. The summed E-state index contributed by atoms with van der Waals surface area (Å²) in [6.45, 7) is 10.3. The number of nitrogens with zero attached hydrogens (tertiary/aromatic N) is 3. The lowest BCUT2D eigenvalue weighted by molar-refractivity contribution is -0.124. The number of rotatable bonds is 6. The van der Waals surface area contributed by atoms with Crippen molar-refractivity contribution < 1.29 is 19.4 Å². The fourth-order valence-electron chi connectivity index (χ4n) is 5.17. The number of thiophene rings is 1. The summed E-state index contributed by atoms with van der Waals surface area (Å²) in [7, 11) is 0. The Kier molecular flexibility index (Phi) is 7.86. The number of aromatic carboxylic acids is 1. The van der Waals surface area contributed by atoms with Crippen LogP contribution in [-0.4, -0.2) is 38.5 Å². The van der Waals surface area contributed by atoms with Gasteiger partial charge in [-0.05, 0) is 75.7 Å². The summed E-state index contributed by atoms with van der Waals surface area (Å²) in [6, 6.07) is 1.93. The number of aromatic nitrogens is 2. The molecule has 2 fully saturated rings. The van der Waals surface area contributed by atoms with Crippen molar-refractivity contribution >= 4 is 40.4 Å². The Morgan fingerprint density at radius 3 is 2.29 bits per heavy atom. The first kappa shape index (κ1) is 26.1. The molecule has 0 radical (unpaired) electrons. The molecular weight excluding hydrogens is 482 g/mol. The molecule has 0 atom stereocenters. The van der Waals surface area contributed by atoms with Gasteiger partial charge in [0.25, 0.3) is 5.19 Å². The standard InChI is InChI=1S/C26H37N3O4S2/c1-15-6-8-17(9-7-15)23(30)29(20-14-21(26(3,4)5)34-22(20)24(31)32)18-10-12-19(13-11-18)33-25-27-16(2)28-35-25/h14-15,17-19H,6-13H2,1-5H3,(H,31,32). The van der Waals surface area contributed by atoms with Crippen LogP contribution in [0.1, 0.15) is 99.4 Å². The van der Waals surface area contributed by atoms with Gasteiger partial charge < -0.3 is 14.7 Å². The van der Waals surface area contributed by atoms with E-state index in [1.54, 1.807) is 0 Å². The number of carboxylic acid groups (broad SMARTS) is 1. The topological polar surface area (TPSA) is 92.6 Å². The van der Waals surface area contributed by atoms with Crippen LogP contribution in [0.25, 0.3) is 0 Å². The van der Waals surface area contributed by atoms with E-state index in [-0.39, 0.29) is 34.3 Å². The van der Waals surface area contributed by atoms with Crippen molar-refractivity contribution in [2.75, 3.05) is 4.90 Å². The van der Waals surface area contributed by atoms with Gasteiger partial charge in [-0.25, -0.2) is 4.79 Å². The van der Waals surface area contributed by atoms with Gasteiger partial charge in [0.1, 0.15) is 16.8 Å². The van der Waals surface area contributed by atoms with Crippen molar-refractivity contribution in [3.8, 4) is 5.19 Å². The van der Waals surface area contributed by atoms with E-state index in [2.05, 4.69) is 37.1 Å². The van der Waals surface area contributed by atoms with Crippen molar-refractivity contribution in [1.29, 1.82) is 0 Å². The molecule has 1 amide bonds. The third kappa shape index (κ3) is 6.05. The van der Waals surface area contributed by atoms with Crippen LogP contribution in [0, 0.1) is 18.8 Å². The number of amides is 1. The van der Waals surface area contributed by atoms with Gasteiger partial charge in [-0.1, -0.05) is 27.7 Å². The van der Waals surface area contributed by atoms with Gasteiger partial charge in [0.2, 0.25) is 5.91 Å². The van der Waals surface area contributed by atoms with Gasteiger partial charge in [0.05, 0.1) is 5.69 Å². The number of anilines is 1. The molecule has 0 bridgehead atoms. The van der Waals surface area contributed by atoms with Gasteiger partial charge in [-0.15, -0.1) is 11.3 Å². The van der Waals surface area contributed by atoms with E-state index in [1.165, 1.54) is 22.9 Å². The number of hydrogen-bond donors (Lipinski definition) is 1. The van der Waals surface area contributed by atoms with Gasteiger partial charge in [-0.2, -0.15) is 9.36 Å². The Morgan fingerprint density at radius 2 is 1.74 bits per heavy atom. The average molecular weight is 520 g/mol. The largest absolute Gasteiger partial charge is 0.477 e. The van der Waals surface area contributed by atoms with E-state index in [9.17, 15) is 14.7 Å². The zero-order valence-electron chi connectivity index (χ0n) is 21.4. The van der Waals surface area contributed by atoms with Crippen LogP contribution < -0.4 is 9.64 Å². The molecule has 2 saturated carbocycles. The molecule has 2 aromatic rings. The summed E-state index contributed by atoms with van der Waals surface area (Å²) in [5.41, 5.74) is 0.396. The fourth-order valence-corrected chi connectivity index (χ4v) is 6.82. The molecule has 2 aliphatic carbocycles. The van der Waals surface area contributed by atoms with Gasteiger partial charge in [0, 0.05) is 28.4 Å². The van der Waals surface area contributed by atoms with E-state index < -0.39 is 5.97 Å². The van der Waals surface area contributed by atoms with E-state index in [0.29, 0.717) is 22.6 Å². The van der Waals surface area contributed by atoms with Crippen LogP contribution in [-0.2, 0) is 10.2 Å². The Balaban J connectivity index is 1.60. The minimum atomic E-state index is -0.959. The van der Waals surface area contributed by atoms with E-state index >= 15 is 0 Å². The van der Waals surface area contributed by atoms with Gasteiger partial charge in [0.15, 0.2) is 0 Å². The van der Waals surface area contributed by atoms with Gasteiger partial charge >= 0.3 is 5.97 Å². The van der Waals surface area contributed by atoms with Crippen molar-refractivity contribution in [3.05, 3.63) is 21.6 Å². The fraction of sp³-hybridized carbons (Fsp3) is 0.692. The highest BCUT2D eigenvalue weighted by Crippen LogP contribution is 2.42. The average Bonchev–Trinajstić information content (AvgIpc) is 3.42. The zero-order chi connectivity index (χ0) is 25.3. The summed E-state index contributed by atoms with van der Waals surface area (Å²) in [4.78, 5) is 33.7. The number of carbonyl (C=O) groups excluding carboxylic acids is 1. The van der Waals surface area contributed by atoms with Crippen LogP contribution in [0.15, 0.2) is 6.07 Å². The van der Waals surface area contributed by atoms with Crippen molar-refractivity contribution in [2.45, 2.75) is 104 Å². The van der Waals surface area contributed by atoms with E-state index in [4.69, 9.17) is 4.74 Å². The SMILES string of the molecule is Cc1nsc(OC2CCC(N(C(=O)C3CCC(C)CC3)c3cc(C(C)(C)C)sc3C(=O)O)CC2)n1. The summed E-state index contributed by atoms with van der Waals surface area (Å²) in [6.07, 6.45) is 7.05. The Labute approximate surface area is 216 Å². The van der Waals surface area contributed by atoms with Crippen LogP contribution >= 0.6 is 22.9 Å². The van der Waals surface area contributed by atoms with Crippen molar-refractivity contribution in [1.82, 2.24) is 9.36 Å². The lowest BCUT2D eigenvalue weighted by Gasteiger charge is -2.39. The summed E-state index contributed by atoms with van der Waals surface area (Å²) in [5.74, 6) is 0.461. The highest BCUT2D eigenvalue weighted by atomic mass is 32.1. The minimum absolute atomic E-state index is 0.0293. The Hall–Kier alpha value is -2.00. The molecule has 0 spiro atoms. The molecule has 35 heavy (non-hydrogen) atoms. The van der Waals surface area contributed by atoms with Crippen molar-refractivity contribution in [3.63, 3.8) is 0 Å². The smallest absolute Gasteiger partial charge is 0.348 e. The van der Waals surface area contributed by atoms with E-state index in [1.807, 2.05) is 17.9 Å². The normalized spacial score (nSPS) is 25.3. The monoisotopic (exact) mass is 519 g/mol. The Morgan fingerprint density at radius 1 is 1.09 bits per heavy atom. The lowest BCUT2D eigenvalue weighted by Crippen LogP contribution is -2.47. The molecule has 0 aromatic carbocycles. The number of ether oxygens (including phenoxy) is 1. The van der Waals surface area contributed by atoms with Crippen LogP contribution in [0.3, 0.4) is 0 Å². The highest BCUT2D eigenvalue weighted by Gasteiger charge is 2.38. The molecule has 2 aromatic heterocycles. The first-order valence-corrected chi connectivity index (χ1v) is 14.3. The first-order valence-electron chi connectivity index (χ1n) is 12.7. The van der Waals surface area contributed by atoms with E-state index in [0.717, 1.165) is 56.2 Å². The predicted octanol–water partition coefficient (Wildman–Crippen LogP) is 6.45. The maximum atomic E-state index is 14.0. The second-order valence-electron chi connectivity index (χ2n) is 11.2. The molecule has 4 rings (SSSR count). The first-order chi connectivity index (χ1) is 16.5. The predicted molar refractivity (Wildman–Crippen MR) is 140 cm³/mol. The molecule has 0 saturated heterocycles. The van der Waals surface area contributed by atoms with Crippen LogP contribution in [0.5, 0.6) is 5.19 Å². The summed E-state index contributed by atoms with van der Waals surface area (Å²) < 4.78 is 10.3. The van der Waals surface area contributed by atoms with Gasteiger partial charge in [-0.3, -0.25) is 4.79 Å². The molecule has 1 N–H and O–H groups in total. The maximum absolute atomic E-state index is 14.0. The lowest BCUT2D eigenvalue weighted by atomic mass is 9.81. The molecule has 2 aliphatic rings. The van der Waals surface area contributed by atoms with Crippen LogP contribution in [0.4, 0.5) is 5.69 Å². The third-order valence-electron chi connectivity index (χ3n) is 7.29. The number of carboxylic acids is 1. The molecule has 2 heterocycles. The maximum Gasteiger partial charge on any atom is 0.348 e. The molecule has 9 heteroatoms. The quantitative estimate of drug-likeness (QED) is 0.471. The third-order valence-corrected chi connectivity index (χ3v) is 9.53. The number of hydrogen-bond acceptors (Lipinski definition) is 7. The Bertz CT molecular complexity index is 1040. The second-order valence-corrected chi connectivity index (χ2v) is 13.0. The number of aryl methyl sites for hydroxylation is 1. The minimum Gasteiger partial charge on any atom is -0.477 e. The zero-order valence-corrected chi connectivity index (χ0v) is 23.0.